The van der Waals surface area contributed by atoms with Gasteiger partial charge in [-0.15, -0.1) is 0 Å². The second-order valence-electron chi connectivity index (χ2n) is 5.41. The SMILES string of the molecule is CCCNc1cc2c3c(ccn2C)c[nH+]c3c1=O.O=C([O-])C(F)(F)F. The second kappa shape index (κ2) is 6.96. The minimum atomic E-state index is -5.19. The number of H-pyrrole nitrogens is 1. The number of hydrogen-bond acceptors (Lipinski definition) is 4. The van der Waals surface area contributed by atoms with Gasteiger partial charge in [-0.2, -0.15) is 13.2 Å². The van der Waals surface area contributed by atoms with Crippen molar-refractivity contribution in [3.05, 3.63) is 34.7 Å². The third kappa shape index (κ3) is 3.81. The van der Waals surface area contributed by atoms with E-state index < -0.39 is 12.1 Å². The van der Waals surface area contributed by atoms with Crippen molar-refractivity contribution in [3.8, 4) is 0 Å². The Balaban J connectivity index is 0.000000277. The molecule has 3 aromatic rings. The van der Waals surface area contributed by atoms with Gasteiger partial charge in [0.05, 0.1) is 22.0 Å². The lowest BCUT2D eigenvalue weighted by Crippen LogP contribution is -2.37. The number of carbonyl (C=O) groups excluding carboxylic acids is 1. The van der Waals surface area contributed by atoms with Crippen LogP contribution in [0, 0.1) is 0 Å². The van der Waals surface area contributed by atoms with Gasteiger partial charge in [-0.3, -0.25) is 4.79 Å². The molecule has 0 radical (unpaired) electrons. The lowest BCUT2D eigenvalue weighted by molar-refractivity contribution is -0.344. The van der Waals surface area contributed by atoms with Crippen LogP contribution in [0.15, 0.2) is 29.3 Å². The molecule has 0 saturated heterocycles. The number of aromatic nitrogens is 2. The van der Waals surface area contributed by atoms with Crippen LogP contribution >= 0.6 is 0 Å². The van der Waals surface area contributed by atoms with Crippen molar-refractivity contribution < 1.29 is 28.1 Å². The summed E-state index contributed by atoms with van der Waals surface area (Å²) in [6, 6.07) is 3.96. The van der Waals surface area contributed by atoms with Crippen LogP contribution in [0.25, 0.3) is 21.8 Å². The Kier molecular flexibility index (Phi) is 5.15. The van der Waals surface area contributed by atoms with Crippen molar-refractivity contribution in [1.29, 1.82) is 0 Å². The number of anilines is 1. The van der Waals surface area contributed by atoms with E-state index in [0.29, 0.717) is 11.2 Å². The summed E-state index contributed by atoms with van der Waals surface area (Å²) in [6.07, 6.45) is -0.291. The van der Waals surface area contributed by atoms with Crippen LogP contribution in [0.5, 0.6) is 0 Å². The normalized spacial score (nSPS) is 11.4. The maximum Gasteiger partial charge on any atom is 0.430 e. The smallest absolute Gasteiger partial charge is 0.430 e. The summed E-state index contributed by atoms with van der Waals surface area (Å²) >= 11 is 0. The van der Waals surface area contributed by atoms with Gasteiger partial charge in [0, 0.05) is 19.8 Å². The number of hydrogen-bond donors (Lipinski definition) is 1. The molecule has 0 spiro atoms. The summed E-state index contributed by atoms with van der Waals surface area (Å²) in [4.78, 5) is 24.2. The number of pyridine rings is 1. The van der Waals surface area contributed by atoms with E-state index in [1.165, 1.54) is 0 Å². The molecule has 0 atom stereocenters. The number of rotatable bonds is 3. The van der Waals surface area contributed by atoms with Crippen molar-refractivity contribution in [2.24, 2.45) is 7.05 Å². The highest BCUT2D eigenvalue weighted by Crippen LogP contribution is 2.24. The minimum Gasteiger partial charge on any atom is -0.542 e. The number of nitrogens with one attached hydrogen (secondary N) is 2. The van der Waals surface area contributed by atoms with E-state index in [0.717, 1.165) is 29.3 Å². The fourth-order valence-corrected chi connectivity index (χ4v) is 2.38. The summed E-state index contributed by atoms with van der Waals surface area (Å²) in [5.74, 6) is -3.01. The van der Waals surface area contributed by atoms with Crippen LogP contribution in [0.3, 0.4) is 0 Å². The van der Waals surface area contributed by atoms with E-state index in [9.17, 15) is 18.0 Å². The Bertz CT molecular complexity index is 950. The number of nitrogens with zero attached hydrogens (tertiary/aromatic N) is 1. The number of aryl methyl sites for hydroxylation is 1. The molecule has 0 aliphatic rings. The highest BCUT2D eigenvalue weighted by molar-refractivity contribution is 6.07. The molecule has 1 aromatic carbocycles. The van der Waals surface area contributed by atoms with Crippen molar-refractivity contribution >= 4 is 33.5 Å². The highest BCUT2D eigenvalue weighted by atomic mass is 19.4. The number of carboxylic acid groups (broad SMARTS) is 1. The maximum absolute atomic E-state index is 12.3. The lowest BCUT2D eigenvalue weighted by Gasteiger charge is -2.07. The van der Waals surface area contributed by atoms with Crippen LogP contribution in [0.4, 0.5) is 18.9 Å². The predicted molar refractivity (Wildman–Crippen MR) is 84.3 cm³/mol. The van der Waals surface area contributed by atoms with Crippen LogP contribution in [0.1, 0.15) is 13.3 Å². The molecular weight excluding hydrogens is 339 g/mol. The molecule has 0 unspecified atom stereocenters. The van der Waals surface area contributed by atoms with Gasteiger partial charge in [0.1, 0.15) is 5.97 Å². The number of carbonyl (C=O) groups is 1. The highest BCUT2D eigenvalue weighted by Gasteiger charge is 2.28. The molecule has 25 heavy (non-hydrogen) atoms. The number of aliphatic carboxylic acids is 1. The van der Waals surface area contributed by atoms with E-state index in [4.69, 9.17) is 9.90 Å². The first kappa shape index (κ1) is 18.5. The molecule has 134 valence electrons. The average molecular weight is 355 g/mol. The zero-order chi connectivity index (χ0) is 18.8. The summed E-state index contributed by atoms with van der Waals surface area (Å²) in [5.41, 5.74) is 2.49. The molecule has 2 N–H and O–H groups in total. The molecule has 3 rings (SSSR count). The van der Waals surface area contributed by atoms with Gasteiger partial charge in [0.2, 0.25) is 0 Å². The number of halogens is 3. The van der Waals surface area contributed by atoms with Crippen LogP contribution < -0.4 is 20.8 Å². The van der Waals surface area contributed by atoms with E-state index in [-0.39, 0.29) is 5.43 Å². The summed E-state index contributed by atoms with van der Waals surface area (Å²) < 4.78 is 33.6. The first-order valence-corrected chi connectivity index (χ1v) is 7.45. The van der Waals surface area contributed by atoms with Crippen molar-refractivity contribution in [3.63, 3.8) is 0 Å². The Morgan fingerprint density at radius 2 is 2.04 bits per heavy atom. The molecule has 6 nitrogen and oxygen atoms in total. The van der Waals surface area contributed by atoms with E-state index in [1.807, 2.05) is 36.1 Å². The standard InChI is InChI=1S/C14H15N3O.C2HF3O2/c1-3-5-15-10-7-11-12-9(4-6-17(11)2)8-16-13(12)14(10)18;3-2(4,5)1(6)7/h4,6-8,15H,3,5H2,1-2H3;(H,6,7). The first-order valence-electron chi connectivity index (χ1n) is 7.45. The lowest BCUT2D eigenvalue weighted by atomic mass is 10.1. The average Bonchev–Trinajstić information content (AvgIpc) is 2.96. The largest absolute Gasteiger partial charge is 0.542 e. The summed E-state index contributed by atoms with van der Waals surface area (Å²) in [6.45, 7) is 2.90. The molecule has 0 saturated carbocycles. The van der Waals surface area contributed by atoms with Crippen LogP contribution in [-0.2, 0) is 11.8 Å². The van der Waals surface area contributed by atoms with E-state index in [1.54, 1.807) is 0 Å². The van der Waals surface area contributed by atoms with Crippen LogP contribution in [0.2, 0.25) is 0 Å². The van der Waals surface area contributed by atoms with Gasteiger partial charge in [-0.1, -0.05) is 6.92 Å². The fourth-order valence-electron chi connectivity index (χ4n) is 2.38. The minimum absolute atomic E-state index is 0.0529. The molecule has 0 fully saturated rings. The second-order valence-corrected chi connectivity index (χ2v) is 5.41. The Morgan fingerprint density at radius 3 is 2.60 bits per heavy atom. The monoisotopic (exact) mass is 355 g/mol. The summed E-state index contributed by atoms with van der Waals surface area (Å²) in [5, 5.41) is 14.1. The number of aromatic amines is 1. The van der Waals surface area contributed by atoms with Gasteiger partial charge in [0.15, 0.2) is 6.20 Å². The topological polar surface area (TPSA) is 88.3 Å². The fraction of sp³-hybridized carbons (Fsp3) is 0.312. The third-order valence-corrected chi connectivity index (χ3v) is 3.57. The van der Waals surface area contributed by atoms with Gasteiger partial charge >= 0.3 is 6.18 Å². The number of alkyl halides is 3. The molecule has 0 bridgehead atoms. The maximum atomic E-state index is 12.3. The van der Waals surface area contributed by atoms with Crippen molar-refractivity contribution in [1.82, 2.24) is 4.57 Å². The van der Waals surface area contributed by atoms with Gasteiger partial charge < -0.3 is 19.8 Å². The van der Waals surface area contributed by atoms with E-state index >= 15 is 0 Å². The predicted octanol–water partition coefficient (Wildman–Crippen LogP) is 1.06. The Hall–Kier alpha value is -2.84. The molecule has 0 aliphatic heterocycles. The molecule has 2 aromatic heterocycles. The van der Waals surface area contributed by atoms with E-state index in [2.05, 4.69) is 17.2 Å². The molecule has 2 heterocycles. The molecule has 0 amide bonds. The van der Waals surface area contributed by atoms with Crippen LogP contribution in [-0.4, -0.2) is 23.3 Å². The van der Waals surface area contributed by atoms with Gasteiger partial charge in [-0.25, -0.2) is 4.98 Å². The van der Waals surface area contributed by atoms with Gasteiger partial charge in [-0.05, 0) is 18.6 Å². The van der Waals surface area contributed by atoms with Crippen molar-refractivity contribution in [2.75, 3.05) is 11.9 Å². The zero-order valence-electron chi connectivity index (χ0n) is 13.5. The van der Waals surface area contributed by atoms with Crippen molar-refractivity contribution in [2.45, 2.75) is 19.5 Å². The molecule has 0 aliphatic carbocycles. The molecule has 9 heteroatoms. The van der Waals surface area contributed by atoms with Gasteiger partial charge in [0.25, 0.3) is 10.9 Å². The third-order valence-electron chi connectivity index (χ3n) is 3.57. The zero-order valence-corrected chi connectivity index (χ0v) is 13.5. The Morgan fingerprint density at radius 1 is 1.40 bits per heavy atom. The number of benzene rings is 1. The summed E-state index contributed by atoms with van der Waals surface area (Å²) in [7, 11) is 2.00. The first-order chi connectivity index (χ1) is 11.7. The number of carboxylic acids is 1. The quantitative estimate of drug-likeness (QED) is 0.761. The molecular formula is C16H16F3N3O3. The Labute approximate surface area is 140 Å².